The average molecular weight is 542 g/mol. The van der Waals surface area contributed by atoms with E-state index in [4.69, 9.17) is 5.11 Å². The van der Waals surface area contributed by atoms with Gasteiger partial charge >= 0.3 is 11.9 Å². The number of carbonyl (C=O) groups excluding carboxylic acids is 1. The molecule has 2 aromatic carbocycles. The Hall–Kier alpha value is -2.27. The molecule has 2 rings (SSSR count). The van der Waals surface area contributed by atoms with Crippen LogP contribution in [0.1, 0.15) is 18.4 Å². The van der Waals surface area contributed by atoms with Gasteiger partial charge in [-0.2, -0.15) is 12.6 Å². The van der Waals surface area contributed by atoms with Crippen molar-refractivity contribution in [2.75, 3.05) is 11.1 Å². The zero-order chi connectivity index (χ0) is 22.1. The number of aliphatic carboxylic acids is 2. The van der Waals surface area contributed by atoms with E-state index in [2.05, 4.69) is 45.9 Å². The molecule has 2 unspecified atom stereocenters. The Morgan fingerprint density at radius 2 is 1.67 bits per heavy atom. The lowest BCUT2D eigenvalue weighted by Gasteiger charge is -2.33. The molecule has 0 bridgehead atoms. The quantitative estimate of drug-likeness (QED) is 0.169. The Bertz CT molecular complexity index is 879. The van der Waals surface area contributed by atoms with Gasteiger partial charge in [-0.05, 0) is 58.8 Å². The number of carbonyl (C=O) groups is 3. The van der Waals surface area contributed by atoms with Gasteiger partial charge in [-0.25, -0.2) is 4.79 Å². The first-order valence-electron chi connectivity index (χ1n) is 9.21. The predicted molar refractivity (Wildman–Crippen MR) is 126 cm³/mol. The number of carboxylic acid groups (broad SMARTS) is 2. The predicted octanol–water partition coefficient (Wildman–Crippen LogP) is 3.25. The third-order valence-corrected chi connectivity index (χ3v) is 5.69. The monoisotopic (exact) mass is 542 g/mol. The van der Waals surface area contributed by atoms with E-state index in [0.717, 1.165) is 9.13 Å². The zero-order valence-corrected chi connectivity index (χ0v) is 19.1. The summed E-state index contributed by atoms with van der Waals surface area (Å²) in [4.78, 5) is 36.3. The number of rotatable bonds is 11. The van der Waals surface area contributed by atoms with Crippen LogP contribution >= 0.6 is 35.2 Å². The molecule has 4 N–H and O–H groups in total. The van der Waals surface area contributed by atoms with Crippen LogP contribution in [0.3, 0.4) is 0 Å². The smallest absolute Gasteiger partial charge is 0.350 e. The van der Waals surface area contributed by atoms with E-state index in [1.807, 2.05) is 30.3 Å². The van der Waals surface area contributed by atoms with Gasteiger partial charge in [0.15, 0.2) is 0 Å². The SMILES string of the molecule is O=C(O)CCC(NC(=O)C(CS)Cc1ccccc1)(Nc1ccc(I)cc1)C(=O)O. The van der Waals surface area contributed by atoms with Crippen molar-refractivity contribution in [2.45, 2.75) is 24.9 Å². The summed E-state index contributed by atoms with van der Waals surface area (Å²) in [5.74, 6) is -3.42. The minimum atomic E-state index is -1.97. The Balaban J connectivity index is 2.28. The highest BCUT2D eigenvalue weighted by Gasteiger charge is 2.41. The first-order chi connectivity index (χ1) is 14.3. The summed E-state index contributed by atoms with van der Waals surface area (Å²) < 4.78 is 0.951. The molecular weight excluding hydrogens is 519 g/mol. The third-order valence-electron chi connectivity index (χ3n) is 4.53. The van der Waals surface area contributed by atoms with Gasteiger partial charge in [0, 0.05) is 27.9 Å². The van der Waals surface area contributed by atoms with Crippen LogP contribution in [0.2, 0.25) is 0 Å². The van der Waals surface area contributed by atoms with Crippen LogP contribution in [-0.2, 0) is 20.8 Å². The number of benzene rings is 2. The van der Waals surface area contributed by atoms with Crippen molar-refractivity contribution in [2.24, 2.45) is 5.92 Å². The zero-order valence-electron chi connectivity index (χ0n) is 16.0. The lowest BCUT2D eigenvalue weighted by Crippen LogP contribution is -2.61. The van der Waals surface area contributed by atoms with Crippen LogP contribution in [0.5, 0.6) is 0 Å². The first kappa shape index (κ1) is 24.0. The van der Waals surface area contributed by atoms with Gasteiger partial charge in [0.05, 0.1) is 5.92 Å². The maximum Gasteiger partial charge on any atom is 0.350 e. The van der Waals surface area contributed by atoms with E-state index in [1.54, 1.807) is 24.3 Å². The van der Waals surface area contributed by atoms with Gasteiger partial charge in [0.2, 0.25) is 11.6 Å². The van der Waals surface area contributed by atoms with Crippen molar-refractivity contribution in [3.63, 3.8) is 0 Å². The van der Waals surface area contributed by atoms with Crippen molar-refractivity contribution in [3.8, 4) is 0 Å². The average Bonchev–Trinajstić information content (AvgIpc) is 2.72. The largest absolute Gasteiger partial charge is 0.481 e. The number of hydrogen-bond donors (Lipinski definition) is 5. The summed E-state index contributed by atoms with van der Waals surface area (Å²) >= 11 is 6.37. The summed E-state index contributed by atoms with van der Waals surface area (Å²) in [6.07, 6.45) is -0.386. The van der Waals surface area contributed by atoms with E-state index in [0.29, 0.717) is 12.1 Å². The molecule has 1 amide bonds. The molecule has 0 heterocycles. The van der Waals surface area contributed by atoms with Crippen LogP contribution in [0.25, 0.3) is 0 Å². The van der Waals surface area contributed by atoms with E-state index in [9.17, 15) is 19.5 Å². The van der Waals surface area contributed by atoms with Crippen molar-refractivity contribution < 1.29 is 24.6 Å². The fourth-order valence-electron chi connectivity index (χ4n) is 2.90. The molecule has 0 radical (unpaired) electrons. The first-order valence-corrected chi connectivity index (χ1v) is 10.9. The molecule has 30 heavy (non-hydrogen) atoms. The maximum absolute atomic E-state index is 13.0. The minimum absolute atomic E-state index is 0.207. The highest BCUT2D eigenvalue weighted by molar-refractivity contribution is 14.1. The van der Waals surface area contributed by atoms with Gasteiger partial charge in [0.1, 0.15) is 0 Å². The molecule has 2 atom stereocenters. The molecule has 9 heteroatoms. The number of amides is 1. The summed E-state index contributed by atoms with van der Waals surface area (Å²) in [5.41, 5.74) is -0.599. The molecule has 0 fully saturated rings. The summed E-state index contributed by atoms with van der Waals surface area (Å²) in [5, 5.41) is 24.4. The van der Waals surface area contributed by atoms with E-state index in [1.165, 1.54) is 0 Å². The second-order valence-corrected chi connectivity index (χ2v) is 8.41. The van der Waals surface area contributed by atoms with Gasteiger partial charge < -0.3 is 20.8 Å². The Morgan fingerprint density at radius 3 is 2.20 bits per heavy atom. The summed E-state index contributed by atoms with van der Waals surface area (Å²) in [6, 6.07) is 16.2. The molecule has 2 aromatic rings. The highest BCUT2D eigenvalue weighted by atomic mass is 127. The van der Waals surface area contributed by atoms with Crippen molar-refractivity contribution >= 4 is 58.8 Å². The minimum Gasteiger partial charge on any atom is -0.481 e. The Labute approximate surface area is 193 Å². The summed E-state index contributed by atoms with van der Waals surface area (Å²) in [6.45, 7) is 0. The summed E-state index contributed by atoms with van der Waals surface area (Å²) in [7, 11) is 0. The van der Waals surface area contributed by atoms with Crippen LogP contribution < -0.4 is 10.6 Å². The van der Waals surface area contributed by atoms with Crippen molar-refractivity contribution in [3.05, 3.63) is 63.7 Å². The van der Waals surface area contributed by atoms with Gasteiger partial charge in [-0.3, -0.25) is 9.59 Å². The van der Waals surface area contributed by atoms with Gasteiger partial charge in [-0.1, -0.05) is 30.3 Å². The number of carboxylic acids is 2. The molecule has 0 saturated heterocycles. The maximum atomic E-state index is 13.0. The number of anilines is 1. The third kappa shape index (κ3) is 6.91. The molecular formula is C21H23IN2O5S. The van der Waals surface area contributed by atoms with E-state index in [-0.39, 0.29) is 12.2 Å². The standard InChI is InChI=1S/C21H23IN2O5S/c22-16-6-8-17(9-7-16)23-21(20(28)29,11-10-18(25)26)24-19(27)15(13-30)12-14-4-2-1-3-5-14/h1-9,15,23,30H,10-13H2,(H,24,27)(H,25,26)(H,28,29). The molecule has 0 aliphatic carbocycles. The molecule has 7 nitrogen and oxygen atoms in total. The molecule has 0 spiro atoms. The molecule has 0 aliphatic rings. The van der Waals surface area contributed by atoms with Crippen LogP contribution in [0.4, 0.5) is 5.69 Å². The molecule has 0 aliphatic heterocycles. The lowest BCUT2D eigenvalue weighted by molar-refractivity contribution is -0.148. The Morgan fingerprint density at radius 1 is 1.03 bits per heavy atom. The van der Waals surface area contributed by atoms with Crippen LogP contribution in [0.15, 0.2) is 54.6 Å². The second kappa shape index (κ2) is 11.2. The lowest BCUT2D eigenvalue weighted by atomic mass is 9.97. The van der Waals surface area contributed by atoms with Crippen LogP contribution in [-0.4, -0.2) is 39.5 Å². The van der Waals surface area contributed by atoms with E-state index < -0.39 is 35.8 Å². The number of halogens is 1. The normalized spacial score (nSPS) is 13.7. The molecule has 0 saturated carbocycles. The fourth-order valence-corrected chi connectivity index (χ4v) is 3.55. The fraction of sp³-hybridized carbons (Fsp3) is 0.286. The van der Waals surface area contributed by atoms with Crippen molar-refractivity contribution in [1.82, 2.24) is 5.32 Å². The highest BCUT2D eigenvalue weighted by Crippen LogP contribution is 2.22. The molecule has 160 valence electrons. The Kier molecular flexibility index (Phi) is 8.97. The number of nitrogens with one attached hydrogen (secondary N) is 2. The van der Waals surface area contributed by atoms with Crippen LogP contribution in [0, 0.1) is 9.49 Å². The number of hydrogen-bond acceptors (Lipinski definition) is 5. The van der Waals surface area contributed by atoms with Gasteiger partial charge in [-0.15, -0.1) is 0 Å². The van der Waals surface area contributed by atoms with E-state index >= 15 is 0 Å². The number of thiol groups is 1. The molecule has 0 aromatic heterocycles. The van der Waals surface area contributed by atoms with Gasteiger partial charge in [0.25, 0.3) is 0 Å². The topological polar surface area (TPSA) is 116 Å². The second-order valence-electron chi connectivity index (χ2n) is 6.79. The van der Waals surface area contributed by atoms with Crippen molar-refractivity contribution in [1.29, 1.82) is 0 Å².